The predicted molar refractivity (Wildman–Crippen MR) is 106 cm³/mol. The van der Waals surface area contributed by atoms with Gasteiger partial charge in [0.1, 0.15) is 11.5 Å². The highest BCUT2D eigenvalue weighted by molar-refractivity contribution is 6.07. The van der Waals surface area contributed by atoms with Crippen molar-refractivity contribution in [1.82, 2.24) is 0 Å². The van der Waals surface area contributed by atoms with Crippen LogP contribution in [0.3, 0.4) is 0 Å². The molecule has 3 rings (SSSR count). The summed E-state index contributed by atoms with van der Waals surface area (Å²) in [5.41, 5.74) is 1.47. The molecule has 3 aromatic carbocycles. The van der Waals surface area contributed by atoms with E-state index in [1.165, 1.54) is 0 Å². The maximum absolute atomic E-state index is 13.3. The van der Waals surface area contributed by atoms with E-state index in [2.05, 4.69) is 6.92 Å². The molecule has 3 heteroatoms. The molecule has 0 N–H and O–H groups in total. The molecule has 0 unspecified atom stereocenters. The van der Waals surface area contributed by atoms with E-state index in [1.54, 1.807) is 0 Å². The Bertz CT molecular complexity index is 831. The van der Waals surface area contributed by atoms with Crippen LogP contribution in [0.5, 0.6) is 11.5 Å². The van der Waals surface area contributed by atoms with Gasteiger partial charge >= 0.3 is 0 Å². The Labute approximate surface area is 154 Å². The van der Waals surface area contributed by atoms with Gasteiger partial charge in [-0.3, -0.25) is 4.79 Å². The number of unbranched alkanes of at least 4 members (excludes halogenated alkanes) is 1. The molecule has 0 aromatic heterocycles. The van der Waals surface area contributed by atoms with Crippen LogP contribution in [0, 0.1) is 0 Å². The molecule has 0 aliphatic rings. The average molecular weight is 345 g/mol. The highest BCUT2D eigenvalue weighted by atomic mass is 16.5. The second-order valence-electron chi connectivity index (χ2n) is 6.06. The molecule has 0 aliphatic heterocycles. The Morgan fingerprint density at radius 1 is 0.846 bits per heavy atom. The van der Waals surface area contributed by atoms with Crippen LogP contribution in [0.25, 0.3) is 0 Å². The van der Waals surface area contributed by atoms with Gasteiger partial charge in [0.15, 0.2) is 0 Å². The summed E-state index contributed by atoms with van der Waals surface area (Å²) in [6.07, 6.45) is 1.97. The van der Waals surface area contributed by atoms with Crippen LogP contribution in [-0.4, -0.2) is 12.5 Å². The lowest BCUT2D eigenvalue weighted by Crippen LogP contribution is -2.32. The topological polar surface area (TPSA) is 29.5 Å². The summed E-state index contributed by atoms with van der Waals surface area (Å²) in [4.78, 5) is 15.1. The number of para-hydroxylation sites is 3. The fourth-order valence-electron chi connectivity index (χ4n) is 2.77. The zero-order valence-electron chi connectivity index (χ0n) is 15.0. The first-order valence-electron chi connectivity index (χ1n) is 8.98. The van der Waals surface area contributed by atoms with Gasteiger partial charge in [0.05, 0.1) is 5.56 Å². The molecule has 0 saturated heterocycles. The molecule has 0 spiro atoms. The van der Waals surface area contributed by atoms with Crippen LogP contribution < -0.4 is 9.64 Å². The van der Waals surface area contributed by atoms with E-state index in [9.17, 15) is 4.79 Å². The molecule has 0 atom stereocenters. The highest BCUT2D eigenvalue weighted by Crippen LogP contribution is 2.28. The molecule has 0 saturated carbocycles. The first kappa shape index (κ1) is 17.7. The predicted octanol–water partition coefficient (Wildman–Crippen LogP) is 5.93. The number of hydrogen-bond acceptors (Lipinski definition) is 2. The summed E-state index contributed by atoms with van der Waals surface area (Å²) < 4.78 is 5.97. The van der Waals surface area contributed by atoms with Crippen molar-refractivity contribution in [3.63, 3.8) is 0 Å². The quantitative estimate of drug-likeness (QED) is 0.531. The van der Waals surface area contributed by atoms with Gasteiger partial charge in [-0.05, 0) is 42.8 Å². The number of rotatable bonds is 7. The van der Waals surface area contributed by atoms with E-state index in [-0.39, 0.29) is 5.91 Å². The van der Waals surface area contributed by atoms with Crippen molar-refractivity contribution in [3.8, 4) is 11.5 Å². The second-order valence-corrected chi connectivity index (χ2v) is 6.06. The normalized spacial score (nSPS) is 10.3. The lowest BCUT2D eigenvalue weighted by Gasteiger charge is -2.24. The number of carbonyl (C=O) groups is 1. The summed E-state index contributed by atoms with van der Waals surface area (Å²) in [6, 6.07) is 26.7. The molecule has 132 valence electrons. The van der Waals surface area contributed by atoms with Crippen molar-refractivity contribution in [3.05, 3.63) is 90.5 Å². The number of anilines is 1. The third-order valence-corrected chi connectivity index (χ3v) is 4.14. The molecule has 0 heterocycles. The summed E-state index contributed by atoms with van der Waals surface area (Å²) in [5.74, 6) is 1.24. The standard InChI is InChI=1S/C23H23NO2/c1-2-3-18-24(19-12-6-4-7-13-19)23(25)21-16-10-11-17-22(21)26-20-14-8-5-9-15-20/h4-17H,2-3,18H2,1H3. The minimum absolute atomic E-state index is 0.0452. The lowest BCUT2D eigenvalue weighted by atomic mass is 10.1. The van der Waals surface area contributed by atoms with E-state index >= 15 is 0 Å². The third-order valence-electron chi connectivity index (χ3n) is 4.14. The third kappa shape index (κ3) is 4.31. The minimum atomic E-state index is -0.0452. The Morgan fingerprint density at radius 2 is 1.46 bits per heavy atom. The first-order valence-corrected chi connectivity index (χ1v) is 8.98. The maximum atomic E-state index is 13.3. The summed E-state index contributed by atoms with van der Waals surface area (Å²) in [5, 5.41) is 0. The number of hydrogen-bond donors (Lipinski definition) is 0. The monoisotopic (exact) mass is 345 g/mol. The van der Waals surface area contributed by atoms with Crippen LogP contribution >= 0.6 is 0 Å². The molecule has 0 bridgehead atoms. The van der Waals surface area contributed by atoms with E-state index in [4.69, 9.17) is 4.74 Å². The SMILES string of the molecule is CCCCN(C(=O)c1ccccc1Oc1ccccc1)c1ccccc1. The average Bonchev–Trinajstić information content (AvgIpc) is 2.70. The zero-order chi connectivity index (χ0) is 18.2. The molecular formula is C23H23NO2. The van der Waals surface area contributed by atoms with Crippen LogP contribution in [-0.2, 0) is 0 Å². The fourth-order valence-corrected chi connectivity index (χ4v) is 2.77. The minimum Gasteiger partial charge on any atom is -0.457 e. The molecule has 1 amide bonds. The van der Waals surface area contributed by atoms with E-state index < -0.39 is 0 Å². The van der Waals surface area contributed by atoms with Crippen molar-refractivity contribution in [2.45, 2.75) is 19.8 Å². The van der Waals surface area contributed by atoms with E-state index in [0.717, 1.165) is 18.5 Å². The number of amides is 1. The molecule has 0 aliphatic carbocycles. The van der Waals surface area contributed by atoms with Crippen molar-refractivity contribution in [2.75, 3.05) is 11.4 Å². The largest absolute Gasteiger partial charge is 0.457 e. The lowest BCUT2D eigenvalue weighted by molar-refractivity contribution is 0.0984. The second kappa shape index (κ2) is 8.86. The number of nitrogens with zero attached hydrogens (tertiary/aromatic N) is 1. The Hall–Kier alpha value is -3.07. The van der Waals surface area contributed by atoms with E-state index in [0.29, 0.717) is 23.6 Å². The molecule has 0 fully saturated rings. The van der Waals surface area contributed by atoms with Crippen LogP contribution in [0.4, 0.5) is 5.69 Å². The highest BCUT2D eigenvalue weighted by Gasteiger charge is 2.21. The molecular weight excluding hydrogens is 322 g/mol. The molecule has 3 nitrogen and oxygen atoms in total. The Balaban J connectivity index is 1.92. The smallest absolute Gasteiger partial charge is 0.262 e. The van der Waals surface area contributed by atoms with Crippen molar-refractivity contribution in [2.24, 2.45) is 0 Å². The van der Waals surface area contributed by atoms with Gasteiger partial charge in [-0.2, -0.15) is 0 Å². The summed E-state index contributed by atoms with van der Waals surface area (Å²) in [6.45, 7) is 2.80. The maximum Gasteiger partial charge on any atom is 0.262 e. The summed E-state index contributed by atoms with van der Waals surface area (Å²) >= 11 is 0. The molecule has 26 heavy (non-hydrogen) atoms. The Morgan fingerprint density at radius 3 is 2.15 bits per heavy atom. The van der Waals surface area contributed by atoms with Gasteiger partial charge in [-0.15, -0.1) is 0 Å². The zero-order valence-corrected chi connectivity index (χ0v) is 15.0. The van der Waals surface area contributed by atoms with Crippen molar-refractivity contribution < 1.29 is 9.53 Å². The van der Waals surface area contributed by atoms with Gasteiger partial charge in [0.2, 0.25) is 0 Å². The van der Waals surface area contributed by atoms with Crippen molar-refractivity contribution in [1.29, 1.82) is 0 Å². The van der Waals surface area contributed by atoms with E-state index in [1.807, 2.05) is 89.8 Å². The fraction of sp³-hybridized carbons (Fsp3) is 0.174. The number of carbonyl (C=O) groups excluding carboxylic acids is 1. The van der Waals surface area contributed by atoms with Gasteiger partial charge in [0, 0.05) is 12.2 Å². The van der Waals surface area contributed by atoms with Crippen LogP contribution in [0.2, 0.25) is 0 Å². The summed E-state index contributed by atoms with van der Waals surface area (Å²) in [7, 11) is 0. The van der Waals surface area contributed by atoms with Crippen LogP contribution in [0.1, 0.15) is 30.1 Å². The van der Waals surface area contributed by atoms with Crippen LogP contribution in [0.15, 0.2) is 84.9 Å². The Kier molecular flexibility index (Phi) is 6.05. The number of benzene rings is 3. The van der Waals surface area contributed by atoms with Gasteiger partial charge in [-0.25, -0.2) is 0 Å². The van der Waals surface area contributed by atoms with Gasteiger partial charge in [0.25, 0.3) is 5.91 Å². The van der Waals surface area contributed by atoms with Gasteiger partial charge in [-0.1, -0.05) is 61.9 Å². The number of ether oxygens (including phenoxy) is 1. The molecule has 3 aromatic rings. The molecule has 0 radical (unpaired) electrons. The first-order chi connectivity index (χ1) is 12.8. The van der Waals surface area contributed by atoms with Crippen molar-refractivity contribution >= 4 is 11.6 Å². The van der Waals surface area contributed by atoms with Gasteiger partial charge < -0.3 is 9.64 Å².